The topological polar surface area (TPSA) is 55.1 Å². The van der Waals surface area contributed by atoms with E-state index in [1.54, 1.807) is 0 Å². The molecule has 1 amide bonds. The van der Waals surface area contributed by atoms with Crippen molar-refractivity contribution in [1.29, 1.82) is 0 Å². The van der Waals surface area contributed by atoms with Gasteiger partial charge in [0, 0.05) is 17.0 Å². The molecule has 3 nitrogen and oxygen atoms in total. The molecule has 3 N–H and O–H groups in total. The van der Waals surface area contributed by atoms with Crippen molar-refractivity contribution in [2.75, 3.05) is 6.54 Å². The maximum absolute atomic E-state index is 11.4. The molecule has 82 valence electrons. The van der Waals surface area contributed by atoms with Gasteiger partial charge in [-0.25, -0.2) is 0 Å². The maximum atomic E-state index is 11.4. The fraction of sp³-hybridized carbons (Fsp3) is 0.667. The highest BCUT2D eigenvalue weighted by Gasteiger charge is 2.27. The Morgan fingerprint density at radius 1 is 1.57 bits per heavy atom. The lowest BCUT2D eigenvalue weighted by atomic mass is 10.1. The Labute approximate surface area is 95.5 Å². The van der Waals surface area contributed by atoms with Crippen LogP contribution >= 0.6 is 24.0 Å². The number of hydrogen-bond donors (Lipinski definition) is 2. The molecule has 1 rings (SSSR count). The van der Waals surface area contributed by atoms with Gasteiger partial charge in [-0.2, -0.15) is 0 Å². The molecular weight excluding hydrogens is 223 g/mol. The van der Waals surface area contributed by atoms with Crippen molar-refractivity contribution in [2.24, 2.45) is 11.7 Å². The van der Waals surface area contributed by atoms with E-state index in [1.165, 1.54) is 0 Å². The molecule has 2 atom stereocenters. The molecule has 5 heteroatoms. The summed E-state index contributed by atoms with van der Waals surface area (Å²) in [7, 11) is 0. The van der Waals surface area contributed by atoms with E-state index in [0.29, 0.717) is 11.6 Å². The quantitative estimate of drug-likeness (QED) is 0.782. The lowest BCUT2D eigenvalue weighted by molar-refractivity contribution is -0.124. The first-order valence-electron chi connectivity index (χ1n) is 4.46. The number of amides is 1. The van der Waals surface area contributed by atoms with Crippen LogP contribution in [0.25, 0.3) is 0 Å². The third-order valence-electron chi connectivity index (χ3n) is 2.30. The third-order valence-corrected chi connectivity index (χ3v) is 2.43. The SMILES string of the molecule is C=C(Cl)CNC(=O)C1CCC(N)C1.Cl. The number of hydrogen-bond acceptors (Lipinski definition) is 2. The monoisotopic (exact) mass is 238 g/mol. The summed E-state index contributed by atoms with van der Waals surface area (Å²) in [4.78, 5) is 11.4. The number of carbonyl (C=O) groups excluding carboxylic acids is 1. The smallest absolute Gasteiger partial charge is 0.223 e. The number of rotatable bonds is 3. The highest BCUT2D eigenvalue weighted by atomic mass is 35.5. The molecule has 1 aliphatic carbocycles. The van der Waals surface area contributed by atoms with Crippen LogP contribution in [0.2, 0.25) is 0 Å². The molecule has 0 aromatic rings. The van der Waals surface area contributed by atoms with Crippen LogP contribution in [-0.2, 0) is 4.79 Å². The molecular formula is C9H16Cl2N2O. The molecule has 1 aliphatic rings. The van der Waals surface area contributed by atoms with E-state index in [1.807, 2.05) is 0 Å². The Morgan fingerprint density at radius 3 is 2.64 bits per heavy atom. The highest BCUT2D eigenvalue weighted by molar-refractivity contribution is 6.29. The summed E-state index contributed by atoms with van der Waals surface area (Å²) in [5.41, 5.74) is 5.70. The Kier molecular flexibility index (Phi) is 6.16. The van der Waals surface area contributed by atoms with Crippen LogP contribution in [-0.4, -0.2) is 18.5 Å². The van der Waals surface area contributed by atoms with Gasteiger partial charge < -0.3 is 11.1 Å². The van der Waals surface area contributed by atoms with Gasteiger partial charge in [0.25, 0.3) is 0 Å². The predicted octanol–water partition coefficient (Wildman–Crippen LogP) is 1.40. The second-order valence-electron chi connectivity index (χ2n) is 3.51. The van der Waals surface area contributed by atoms with E-state index in [-0.39, 0.29) is 30.3 Å². The number of nitrogens with two attached hydrogens (primary N) is 1. The van der Waals surface area contributed by atoms with Crippen LogP contribution in [0.1, 0.15) is 19.3 Å². The Morgan fingerprint density at radius 2 is 2.21 bits per heavy atom. The summed E-state index contributed by atoms with van der Waals surface area (Å²) in [6, 6.07) is 0.190. The predicted molar refractivity (Wildman–Crippen MR) is 60.6 cm³/mol. The fourth-order valence-electron chi connectivity index (χ4n) is 1.58. The summed E-state index contributed by atoms with van der Waals surface area (Å²) in [5.74, 6) is 0.126. The average molecular weight is 239 g/mol. The van der Waals surface area contributed by atoms with E-state index in [4.69, 9.17) is 17.3 Å². The summed E-state index contributed by atoms with van der Waals surface area (Å²) in [6.07, 6.45) is 2.63. The van der Waals surface area contributed by atoms with Gasteiger partial charge in [0.05, 0.1) is 6.54 Å². The van der Waals surface area contributed by atoms with E-state index in [0.717, 1.165) is 19.3 Å². The lowest BCUT2D eigenvalue weighted by Crippen LogP contribution is -2.31. The van der Waals surface area contributed by atoms with Crippen molar-refractivity contribution >= 4 is 29.9 Å². The minimum Gasteiger partial charge on any atom is -0.351 e. The van der Waals surface area contributed by atoms with Gasteiger partial charge in [-0.05, 0) is 19.3 Å². The summed E-state index contributed by atoms with van der Waals surface area (Å²) in [5, 5.41) is 3.17. The van der Waals surface area contributed by atoms with Crippen LogP contribution < -0.4 is 11.1 Å². The largest absolute Gasteiger partial charge is 0.351 e. The van der Waals surface area contributed by atoms with E-state index >= 15 is 0 Å². The van der Waals surface area contributed by atoms with Crippen LogP contribution in [0, 0.1) is 5.92 Å². The number of halogens is 2. The zero-order valence-corrected chi connectivity index (χ0v) is 9.53. The molecule has 2 unspecified atom stereocenters. The highest BCUT2D eigenvalue weighted by Crippen LogP contribution is 2.23. The van der Waals surface area contributed by atoms with Gasteiger partial charge in [0.2, 0.25) is 5.91 Å². The first-order chi connectivity index (χ1) is 6.09. The first kappa shape index (κ1) is 13.8. The minimum absolute atomic E-state index is 0. The van der Waals surface area contributed by atoms with Crippen LogP contribution in [0.15, 0.2) is 11.6 Å². The zero-order chi connectivity index (χ0) is 9.84. The van der Waals surface area contributed by atoms with Gasteiger partial charge in [0.1, 0.15) is 0 Å². The lowest BCUT2D eigenvalue weighted by Gasteiger charge is -2.09. The Hall–Kier alpha value is -0.250. The van der Waals surface area contributed by atoms with E-state index < -0.39 is 0 Å². The third kappa shape index (κ3) is 4.31. The average Bonchev–Trinajstić information content (AvgIpc) is 2.47. The minimum atomic E-state index is 0. The molecule has 1 saturated carbocycles. The van der Waals surface area contributed by atoms with Crippen LogP contribution in [0.4, 0.5) is 0 Å². The van der Waals surface area contributed by atoms with Gasteiger partial charge in [-0.1, -0.05) is 18.2 Å². The standard InChI is InChI=1S/C9H15ClN2O.ClH/c1-6(10)5-12-9(13)7-2-3-8(11)4-7;/h7-8H,1-5,11H2,(H,12,13);1H. The second-order valence-corrected chi connectivity index (χ2v) is 4.04. The molecule has 0 aromatic carbocycles. The zero-order valence-electron chi connectivity index (χ0n) is 7.96. The molecule has 14 heavy (non-hydrogen) atoms. The van der Waals surface area contributed by atoms with Crippen molar-refractivity contribution in [2.45, 2.75) is 25.3 Å². The van der Waals surface area contributed by atoms with Gasteiger partial charge in [0.15, 0.2) is 0 Å². The molecule has 0 aliphatic heterocycles. The molecule has 0 radical (unpaired) electrons. The van der Waals surface area contributed by atoms with Crippen molar-refractivity contribution < 1.29 is 4.79 Å². The Bertz CT molecular complexity index is 221. The Balaban J connectivity index is 0.00000169. The molecule has 1 fully saturated rings. The number of nitrogens with one attached hydrogen (secondary N) is 1. The molecule has 0 heterocycles. The molecule has 0 bridgehead atoms. The van der Waals surface area contributed by atoms with Crippen molar-refractivity contribution in [3.63, 3.8) is 0 Å². The normalized spacial score (nSPS) is 25.3. The van der Waals surface area contributed by atoms with Gasteiger partial charge >= 0.3 is 0 Å². The molecule has 0 saturated heterocycles. The number of carbonyl (C=O) groups is 1. The van der Waals surface area contributed by atoms with Crippen molar-refractivity contribution in [3.05, 3.63) is 11.6 Å². The second kappa shape index (κ2) is 6.27. The molecule has 0 aromatic heterocycles. The maximum Gasteiger partial charge on any atom is 0.223 e. The first-order valence-corrected chi connectivity index (χ1v) is 4.84. The van der Waals surface area contributed by atoms with Crippen LogP contribution in [0.3, 0.4) is 0 Å². The molecule has 0 spiro atoms. The van der Waals surface area contributed by atoms with Crippen molar-refractivity contribution in [1.82, 2.24) is 5.32 Å². The van der Waals surface area contributed by atoms with Crippen LogP contribution in [0.5, 0.6) is 0 Å². The van der Waals surface area contributed by atoms with E-state index in [2.05, 4.69) is 11.9 Å². The van der Waals surface area contributed by atoms with Crippen molar-refractivity contribution in [3.8, 4) is 0 Å². The van der Waals surface area contributed by atoms with Gasteiger partial charge in [-0.15, -0.1) is 12.4 Å². The van der Waals surface area contributed by atoms with Gasteiger partial charge in [-0.3, -0.25) is 4.79 Å². The summed E-state index contributed by atoms with van der Waals surface area (Å²) >= 11 is 5.52. The summed E-state index contributed by atoms with van der Waals surface area (Å²) in [6.45, 7) is 3.85. The fourth-order valence-corrected chi connectivity index (χ4v) is 1.65. The van der Waals surface area contributed by atoms with E-state index in [9.17, 15) is 4.79 Å². The summed E-state index contributed by atoms with van der Waals surface area (Å²) < 4.78 is 0.